The molecule has 1 aliphatic heterocycles. The Kier molecular flexibility index (Phi) is 4.71. The SMILES string of the molecule is O=C(Nc1ccc(-n2ccccc2=O)cc1F)N1CCC(C(F)(F)F)C1. The van der Waals surface area contributed by atoms with E-state index in [4.69, 9.17) is 0 Å². The average Bonchev–Trinajstić information content (AvgIpc) is 3.08. The van der Waals surface area contributed by atoms with Crippen molar-refractivity contribution in [3.63, 3.8) is 0 Å². The van der Waals surface area contributed by atoms with E-state index in [2.05, 4.69) is 5.32 Å². The maximum Gasteiger partial charge on any atom is 0.393 e. The third-order valence-corrected chi connectivity index (χ3v) is 4.23. The number of hydrogen-bond donors (Lipinski definition) is 1. The molecule has 26 heavy (non-hydrogen) atoms. The van der Waals surface area contributed by atoms with Crippen LogP contribution in [0.1, 0.15) is 6.42 Å². The van der Waals surface area contributed by atoms with Crippen molar-refractivity contribution in [2.45, 2.75) is 12.6 Å². The molecule has 1 saturated heterocycles. The van der Waals surface area contributed by atoms with Crippen LogP contribution in [0.4, 0.5) is 28.0 Å². The lowest BCUT2D eigenvalue weighted by atomic mass is 10.1. The van der Waals surface area contributed by atoms with E-state index < -0.39 is 30.5 Å². The fourth-order valence-corrected chi connectivity index (χ4v) is 2.80. The summed E-state index contributed by atoms with van der Waals surface area (Å²) in [6.07, 6.45) is -3.06. The minimum Gasteiger partial charge on any atom is -0.324 e. The normalized spacial score (nSPS) is 17.4. The Bertz CT molecular complexity index is 879. The number of carbonyl (C=O) groups excluding carboxylic acids is 1. The molecule has 1 atom stereocenters. The number of anilines is 1. The molecular weight excluding hydrogens is 354 g/mol. The molecule has 2 heterocycles. The number of nitrogens with zero attached hydrogens (tertiary/aromatic N) is 2. The van der Waals surface area contributed by atoms with E-state index in [1.165, 1.54) is 29.0 Å². The van der Waals surface area contributed by atoms with Gasteiger partial charge >= 0.3 is 12.2 Å². The molecule has 2 aromatic rings. The van der Waals surface area contributed by atoms with E-state index in [-0.39, 0.29) is 29.9 Å². The first-order chi connectivity index (χ1) is 12.3. The smallest absolute Gasteiger partial charge is 0.324 e. The van der Waals surface area contributed by atoms with Gasteiger partial charge in [-0.1, -0.05) is 6.07 Å². The van der Waals surface area contributed by atoms with Gasteiger partial charge in [-0.15, -0.1) is 0 Å². The topological polar surface area (TPSA) is 54.3 Å². The van der Waals surface area contributed by atoms with Crippen LogP contribution < -0.4 is 10.9 Å². The van der Waals surface area contributed by atoms with Crippen molar-refractivity contribution in [2.75, 3.05) is 18.4 Å². The monoisotopic (exact) mass is 369 g/mol. The first kappa shape index (κ1) is 18.0. The molecule has 9 heteroatoms. The predicted molar refractivity (Wildman–Crippen MR) is 86.8 cm³/mol. The van der Waals surface area contributed by atoms with Crippen LogP contribution in [0.25, 0.3) is 5.69 Å². The van der Waals surface area contributed by atoms with Crippen molar-refractivity contribution < 1.29 is 22.4 Å². The molecule has 2 amide bonds. The van der Waals surface area contributed by atoms with Crippen LogP contribution in [-0.4, -0.2) is 34.8 Å². The van der Waals surface area contributed by atoms with Gasteiger partial charge in [0, 0.05) is 31.4 Å². The van der Waals surface area contributed by atoms with Gasteiger partial charge in [-0.3, -0.25) is 9.36 Å². The lowest BCUT2D eigenvalue weighted by molar-refractivity contribution is -0.169. The van der Waals surface area contributed by atoms with Crippen LogP contribution in [-0.2, 0) is 0 Å². The molecule has 0 saturated carbocycles. The molecule has 3 rings (SSSR count). The van der Waals surface area contributed by atoms with Crippen molar-refractivity contribution >= 4 is 11.7 Å². The molecule has 0 spiro atoms. The third-order valence-electron chi connectivity index (χ3n) is 4.23. The second-order valence-electron chi connectivity index (χ2n) is 5.98. The molecule has 1 unspecified atom stereocenters. The highest BCUT2D eigenvalue weighted by Gasteiger charge is 2.44. The Morgan fingerprint density at radius 3 is 2.58 bits per heavy atom. The standard InChI is InChI=1S/C17H15F4N3O2/c18-13-9-12(24-7-2-1-3-15(24)25)4-5-14(13)22-16(26)23-8-6-11(10-23)17(19,20)21/h1-5,7,9,11H,6,8,10H2,(H,22,26). The van der Waals surface area contributed by atoms with E-state index in [0.717, 1.165) is 11.0 Å². The highest BCUT2D eigenvalue weighted by Crippen LogP contribution is 2.33. The number of alkyl halides is 3. The summed E-state index contributed by atoms with van der Waals surface area (Å²) in [6, 6.07) is 7.45. The molecule has 0 aliphatic carbocycles. The summed E-state index contributed by atoms with van der Waals surface area (Å²) in [5.41, 5.74) is -0.249. The van der Waals surface area contributed by atoms with E-state index in [1.54, 1.807) is 12.1 Å². The number of hydrogen-bond acceptors (Lipinski definition) is 2. The number of urea groups is 1. The van der Waals surface area contributed by atoms with Gasteiger partial charge in [0.2, 0.25) is 0 Å². The first-order valence-corrected chi connectivity index (χ1v) is 7.86. The summed E-state index contributed by atoms with van der Waals surface area (Å²) < 4.78 is 53.5. The Labute approximate surface area is 145 Å². The Morgan fingerprint density at radius 1 is 1.19 bits per heavy atom. The van der Waals surface area contributed by atoms with Crippen molar-refractivity contribution in [3.8, 4) is 5.69 Å². The maximum absolute atomic E-state index is 14.3. The zero-order chi connectivity index (χ0) is 18.9. The van der Waals surface area contributed by atoms with Crippen molar-refractivity contribution in [3.05, 3.63) is 58.8 Å². The van der Waals surface area contributed by atoms with Gasteiger partial charge < -0.3 is 10.2 Å². The lowest BCUT2D eigenvalue weighted by Gasteiger charge is -2.19. The van der Waals surface area contributed by atoms with Crippen molar-refractivity contribution in [1.82, 2.24) is 9.47 Å². The summed E-state index contributed by atoms with van der Waals surface area (Å²) in [7, 11) is 0. The van der Waals surface area contributed by atoms with Crippen LogP contribution in [0.3, 0.4) is 0 Å². The first-order valence-electron chi connectivity index (χ1n) is 7.86. The largest absolute Gasteiger partial charge is 0.393 e. The highest BCUT2D eigenvalue weighted by atomic mass is 19.4. The lowest BCUT2D eigenvalue weighted by Crippen LogP contribution is -2.35. The van der Waals surface area contributed by atoms with Gasteiger partial charge in [-0.25, -0.2) is 9.18 Å². The summed E-state index contributed by atoms with van der Waals surface area (Å²) >= 11 is 0. The molecule has 1 N–H and O–H groups in total. The Hall–Kier alpha value is -2.84. The summed E-state index contributed by atoms with van der Waals surface area (Å²) in [4.78, 5) is 24.8. The molecule has 1 aliphatic rings. The van der Waals surface area contributed by atoms with Crippen LogP contribution in [0.2, 0.25) is 0 Å². The number of amides is 2. The molecular formula is C17H15F4N3O2. The molecule has 1 fully saturated rings. The number of rotatable bonds is 2. The molecule has 0 bridgehead atoms. The van der Waals surface area contributed by atoms with Gasteiger partial charge in [0.1, 0.15) is 5.82 Å². The minimum absolute atomic E-state index is 0.0465. The molecule has 138 valence electrons. The van der Waals surface area contributed by atoms with E-state index in [9.17, 15) is 27.2 Å². The molecule has 5 nitrogen and oxygen atoms in total. The van der Waals surface area contributed by atoms with Gasteiger partial charge in [0.25, 0.3) is 5.56 Å². The number of pyridine rings is 1. The van der Waals surface area contributed by atoms with Crippen LogP contribution >= 0.6 is 0 Å². The molecule has 1 aromatic carbocycles. The fraction of sp³-hybridized carbons (Fsp3) is 0.294. The number of likely N-dealkylation sites (tertiary alicyclic amines) is 1. The fourth-order valence-electron chi connectivity index (χ4n) is 2.80. The van der Waals surface area contributed by atoms with Crippen molar-refractivity contribution in [1.29, 1.82) is 0 Å². The van der Waals surface area contributed by atoms with Gasteiger partial charge in [-0.2, -0.15) is 13.2 Å². The molecule has 0 radical (unpaired) electrons. The summed E-state index contributed by atoms with van der Waals surface area (Å²) in [5, 5.41) is 2.27. The number of benzene rings is 1. The Morgan fingerprint density at radius 2 is 1.96 bits per heavy atom. The second kappa shape index (κ2) is 6.81. The predicted octanol–water partition coefficient (Wildman–Crippen LogP) is 3.39. The Balaban J connectivity index is 1.72. The van der Waals surface area contributed by atoms with Crippen LogP contribution in [0, 0.1) is 11.7 Å². The second-order valence-corrected chi connectivity index (χ2v) is 5.98. The van der Waals surface area contributed by atoms with Crippen LogP contribution in [0.15, 0.2) is 47.4 Å². The molecule has 1 aromatic heterocycles. The van der Waals surface area contributed by atoms with Gasteiger partial charge in [0.05, 0.1) is 17.3 Å². The van der Waals surface area contributed by atoms with Gasteiger partial charge in [0.15, 0.2) is 0 Å². The van der Waals surface area contributed by atoms with E-state index in [0.29, 0.717) is 0 Å². The third kappa shape index (κ3) is 3.71. The summed E-state index contributed by atoms with van der Waals surface area (Å²) in [6.45, 7) is -0.496. The zero-order valence-corrected chi connectivity index (χ0v) is 13.5. The maximum atomic E-state index is 14.3. The number of carbonyl (C=O) groups is 1. The average molecular weight is 369 g/mol. The number of halogens is 4. The number of aromatic nitrogens is 1. The summed E-state index contributed by atoms with van der Waals surface area (Å²) in [5.74, 6) is -2.36. The van der Waals surface area contributed by atoms with E-state index >= 15 is 0 Å². The van der Waals surface area contributed by atoms with Crippen LogP contribution in [0.5, 0.6) is 0 Å². The highest BCUT2D eigenvalue weighted by molar-refractivity contribution is 5.89. The van der Waals surface area contributed by atoms with E-state index in [1.807, 2.05) is 0 Å². The minimum atomic E-state index is -4.36. The quantitative estimate of drug-likeness (QED) is 0.825. The number of nitrogens with one attached hydrogen (secondary N) is 1. The van der Waals surface area contributed by atoms with Crippen molar-refractivity contribution in [2.24, 2.45) is 5.92 Å². The van der Waals surface area contributed by atoms with Gasteiger partial charge in [-0.05, 0) is 24.6 Å². The zero-order valence-electron chi connectivity index (χ0n) is 13.5.